The Bertz CT molecular complexity index is 4010. The number of fused-ring (bicyclic) bond motifs is 4. The number of benzene rings is 5. The molecule has 10 aromatic rings. The lowest BCUT2D eigenvalue weighted by atomic mass is 9.70. The Hall–Kier alpha value is -5.80. The minimum Gasteiger partial charge on any atom is -0.172 e. The highest BCUT2D eigenvalue weighted by molar-refractivity contribution is 7.18. The first-order valence-electron chi connectivity index (χ1n) is 36.9. The predicted octanol–water partition coefficient (Wildman–Crippen LogP) is 29.3. The van der Waals surface area contributed by atoms with Crippen LogP contribution in [0.4, 0.5) is 0 Å². The Labute approximate surface area is 586 Å². The molecule has 0 fully saturated rings. The van der Waals surface area contributed by atoms with Gasteiger partial charge in [-0.25, -0.2) is 0 Å². The van der Waals surface area contributed by atoms with Gasteiger partial charge in [-0.3, -0.25) is 0 Å². The average Bonchev–Trinajstić information content (AvgIpc) is 1.57. The lowest BCUT2D eigenvalue weighted by Gasteiger charge is -2.33. The molecule has 0 unspecified atom stereocenters. The molecule has 0 spiro atoms. The Kier molecular flexibility index (Phi) is 26.2. The number of thiophene rings is 4. The third-order valence-corrected chi connectivity index (χ3v) is 25.3. The van der Waals surface area contributed by atoms with E-state index in [1.165, 1.54) is 284 Å². The van der Waals surface area contributed by atoms with Gasteiger partial charge in [-0.2, -0.15) is 8.75 Å². The third-order valence-electron chi connectivity index (χ3n) is 20.0. The number of aryl methyl sites for hydroxylation is 4. The van der Waals surface area contributed by atoms with Crippen molar-refractivity contribution in [2.45, 2.75) is 240 Å². The van der Waals surface area contributed by atoms with Gasteiger partial charge in [0.15, 0.2) is 0 Å². The molecule has 0 saturated carbocycles. The summed E-state index contributed by atoms with van der Waals surface area (Å²) in [5.41, 5.74) is 21.8. The molecular formula is C87H104N2S5. The molecule has 94 heavy (non-hydrogen) atoms. The fraction of sp³-hybridized carbons (Fsp3) is 0.425. The lowest BCUT2D eigenvalue weighted by Crippen LogP contribution is -2.25. The molecule has 0 N–H and O–H groups in total. The topological polar surface area (TPSA) is 25.8 Å². The van der Waals surface area contributed by atoms with Crippen LogP contribution in [0.3, 0.4) is 0 Å². The highest BCUT2D eigenvalue weighted by atomic mass is 32.1. The van der Waals surface area contributed by atoms with E-state index in [1.807, 2.05) is 45.3 Å². The van der Waals surface area contributed by atoms with Crippen molar-refractivity contribution in [1.82, 2.24) is 8.75 Å². The summed E-state index contributed by atoms with van der Waals surface area (Å²) in [7, 11) is 0. The van der Waals surface area contributed by atoms with E-state index in [0.717, 1.165) is 36.7 Å². The van der Waals surface area contributed by atoms with Crippen molar-refractivity contribution in [3.63, 3.8) is 0 Å². The van der Waals surface area contributed by atoms with Crippen LogP contribution in [0.25, 0.3) is 99.4 Å². The molecular weight excluding hydrogens is 1230 g/mol. The second-order valence-electron chi connectivity index (χ2n) is 27.0. The van der Waals surface area contributed by atoms with E-state index in [2.05, 4.69) is 199 Å². The highest BCUT2D eigenvalue weighted by Crippen LogP contribution is 2.56. The van der Waals surface area contributed by atoms with Crippen LogP contribution in [0, 0.1) is 0 Å². The Morgan fingerprint density at radius 3 is 1.03 bits per heavy atom. The van der Waals surface area contributed by atoms with Gasteiger partial charge in [0, 0.05) is 55.6 Å². The van der Waals surface area contributed by atoms with Crippen LogP contribution in [0.15, 0.2) is 133 Å². The first kappa shape index (κ1) is 69.5. The number of hydrogen-bond donors (Lipinski definition) is 0. The minimum absolute atomic E-state index is 0.000338. The number of unbranched alkanes of at least 4 members (excludes halogenated alkanes) is 18. The molecule has 0 saturated heterocycles. The van der Waals surface area contributed by atoms with Gasteiger partial charge in [-0.15, -0.1) is 45.3 Å². The van der Waals surface area contributed by atoms with E-state index in [9.17, 15) is 0 Å². The van der Waals surface area contributed by atoms with E-state index >= 15 is 0 Å². The van der Waals surface area contributed by atoms with Gasteiger partial charge in [0.1, 0.15) is 11.0 Å². The molecule has 492 valence electrons. The first-order chi connectivity index (χ1) is 46.4. The van der Waals surface area contributed by atoms with Gasteiger partial charge in [-0.05, 0) is 192 Å². The van der Waals surface area contributed by atoms with Gasteiger partial charge >= 0.3 is 0 Å². The molecule has 0 radical (unpaired) electrons. The van der Waals surface area contributed by atoms with E-state index in [4.69, 9.17) is 8.75 Å². The fourth-order valence-electron chi connectivity index (χ4n) is 14.6. The van der Waals surface area contributed by atoms with Gasteiger partial charge in [0.05, 0.1) is 11.7 Å². The Morgan fingerprint density at radius 1 is 0.298 bits per heavy atom. The van der Waals surface area contributed by atoms with Crippen LogP contribution in [0.1, 0.15) is 261 Å². The summed E-state index contributed by atoms with van der Waals surface area (Å²) >= 11 is 9.24. The molecule has 5 heterocycles. The molecule has 5 aromatic carbocycles. The second-order valence-corrected chi connectivity index (χ2v) is 31.9. The maximum Gasteiger partial charge on any atom is 0.114 e. The largest absolute Gasteiger partial charge is 0.172 e. The summed E-state index contributed by atoms with van der Waals surface area (Å²) in [6.07, 6.45) is 47.1. The number of aromatic nitrogens is 2. The van der Waals surface area contributed by atoms with Crippen molar-refractivity contribution in [2.75, 3.05) is 0 Å². The summed E-state index contributed by atoms with van der Waals surface area (Å²) in [4.78, 5) is 10.9. The molecule has 2 nitrogen and oxygen atoms in total. The Morgan fingerprint density at radius 2 is 0.628 bits per heavy atom. The number of rotatable bonds is 39. The molecule has 0 atom stereocenters. The fourth-order valence-corrected chi connectivity index (χ4v) is 19.7. The summed E-state index contributed by atoms with van der Waals surface area (Å²) in [6.45, 7) is 14.0. The van der Waals surface area contributed by atoms with E-state index < -0.39 is 0 Å². The summed E-state index contributed by atoms with van der Waals surface area (Å²) < 4.78 is 10.3. The van der Waals surface area contributed by atoms with Crippen molar-refractivity contribution in [3.8, 4) is 64.0 Å². The third kappa shape index (κ3) is 17.1. The van der Waals surface area contributed by atoms with Crippen LogP contribution in [-0.4, -0.2) is 8.75 Å². The average molecular weight is 1340 g/mol. The lowest BCUT2D eigenvalue weighted by molar-refractivity contribution is 0.401. The van der Waals surface area contributed by atoms with Crippen molar-refractivity contribution in [1.29, 1.82) is 0 Å². The van der Waals surface area contributed by atoms with Crippen molar-refractivity contribution in [3.05, 3.63) is 186 Å². The molecule has 0 aliphatic heterocycles. The zero-order valence-corrected chi connectivity index (χ0v) is 61.7. The van der Waals surface area contributed by atoms with E-state index in [0.29, 0.717) is 0 Å². The highest BCUT2D eigenvalue weighted by Gasteiger charge is 2.43. The second kappa shape index (κ2) is 35.4. The van der Waals surface area contributed by atoms with E-state index in [1.54, 1.807) is 11.1 Å². The van der Waals surface area contributed by atoms with Gasteiger partial charge in [0.2, 0.25) is 0 Å². The van der Waals surface area contributed by atoms with Crippen molar-refractivity contribution in [2.24, 2.45) is 0 Å². The summed E-state index contributed by atoms with van der Waals surface area (Å²) in [6, 6.07) is 52.1. The number of nitrogens with zero attached hydrogens (tertiary/aromatic N) is 2. The minimum atomic E-state index is -0.000338. The smallest absolute Gasteiger partial charge is 0.114 e. The standard InChI is InChI=1S/C87H104N2S5/c1-7-13-19-27-41-66-59-81(64-39-33-26-34-40-64)90-77(66)51-53-79-68(43-29-21-15-9-3)61-83(92-79)73-49-50-74(86-85(73)88-94-89-86)84-62-69(44-30-22-16-10-4)80(93-84)54-52-78-67(42-28-20-14-8-2)60-82(91-78)70-46-48-72-71-47-45-65(63-37-31-25-32-38-63)57-75(71)87(76(72)58-70,55-35-23-17-11-5)56-36-24-18-12-6/h25-26,31-34,37-40,45-54,57-62H,7-24,27-30,35-36,41-44,55-56H2,1-6H3/b53-51+,54-52+. The van der Waals surface area contributed by atoms with Crippen LogP contribution >= 0.6 is 57.1 Å². The molecule has 1 aliphatic rings. The van der Waals surface area contributed by atoms with Crippen molar-refractivity contribution >= 4 is 92.4 Å². The van der Waals surface area contributed by atoms with E-state index in [-0.39, 0.29) is 5.41 Å². The van der Waals surface area contributed by atoms with Gasteiger partial charge in [-0.1, -0.05) is 267 Å². The maximum atomic E-state index is 5.15. The molecule has 0 amide bonds. The zero-order chi connectivity index (χ0) is 64.9. The van der Waals surface area contributed by atoms with Gasteiger partial charge < -0.3 is 0 Å². The molecule has 0 bridgehead atoms. The first-order valence-corrected chi connectivity index (χ1v) is 40.9. The molecule has 5 aromatic heterocycles. The Balaban J connectivity index is 0.928. The SMILES string of the molecule is CCCCCCc1cc(-c2ccccc2)sc1/C=C/c1sc(-c2ccc(-c3cc(CCCCCC)c(/C=C/c4sc(-c5ccc6c(c5)C(CCCCCC)(CCCCCC)c5cc(-c7ccccc7)ccc5-6)cc4CCCCCC)s3)c3nsnc23)cc1CCCCCC. The molecule has 11 rings (SSSR count). The maximum absolute atomic E-state index is 5.15. The zero-order valence-electron chi connectivity index (χ0n) is 57.7. The normalized spacial score (nSPS) is 12.8. The number of hydrogen-bond acceptors (Lipinski definition) is 7. The van der Waals surface area contributed by atoms with Crippen LogP contribution in [0.5, 0.6) is 0 Å². The molecule has 1 aliphatic carbocycles. The van der Waals surface area contributed by atoms with Crippen LogP contribution in [0.2, 0.25) is 0 Å². The van der Waals surface area contributed by atoms with Gasteiger partial charge in [0.25, 0.3) is 0 Å². The van der Waals surface area contributed by atoms with Crippen LogP contribution in [-0.2, 0) is 31.1 Å². The summed E-state index contributed by atoms with van der Waals surface area (Å²) in [5.74, 6) is 0. The summed E-state index contributed by atoms with van der Waals surface area (Å²) in [5, 5.41) is 0. The van der Waals surface area contributed by atoms with Crippen LogP contribution < -0.4 is 0 Å². The predicted molar refractivity (Wildman–Crippen MR) is 422 cm³/mol. The quantitative estimate of drug-likeness (QED) is 0.0359. The van der Waals surface area contributed by atoms with Crippen molar-refractivity contribution < 1.29 is 0 Å². The molecule has 7 heteroatoms. The monoisotopic (exact) mass is 1340 g/mol.